The number of ether oxygens (including phenoxy) is 1. The van der Waals surface area contributed by atoms with Crippen LogP contribution in [0.25, 0.3) is 0 Å². The Labute approximate surface area is 173 Å². The van der Waals surface area contributed by atoms with E-state index in [1.165, 1.54) is 24.2 Å². The van der Waals surface area contributed by atoms with Crippen molar-refractivity contribution in [3.05, 3.63) is 0 Å². The average Bonchev–Trinajstić information content (AvgIpc) is 3.02. The number of likely N-dealkylation sites (tertiary alicyclic amines) is 1. The third-order valence-corrected chi connectivity index (χ3v) is 7.78. The van der Waals surface area contributed by atoms with Gasteiger partial charge in [-0.15, -0.1) is 0 Å². The highest BCUT2D eigenvalue weighted by atomic mass is 16.5. The molecular weight excluding hydrogens is 370 g/mol. The van der Waals surface area contributed by atoms with Crippen molar-refractivity contribution < 1.29 is 24.0 Å². The van der Waals surface area contributed by atoms with Crippen molar-refractivity contribution in [2.75, 3.05) is 39.4 Å². The van der Waals surface area contributed by atoms with Gasteiger partial charge in [-0.1, -0.05) is 19.3 Å². The van der Waals surface area contributed by atoms with Crippen molar-refractivity contribution in [3.63, 3.8) is 0 Å². The molecule has 29 heavy (non-hydrogen) atoms. The molecule has 0 spiro atoms. The van der Waals surface area contributed by atoms with Gasteiger partial charge in [-0.3, -0.25) is 19.3 Å². The molecule has 7 nitrogen and oxygen atoms in total. The molecule has 2 aliphatic heterocycles. The van der Waals surface area contributed by atoms with Crippen LogP contribution < -0.4 is 10.2 Å². The maximum atomic E-state index is 12.6. The molecule has 0 aromatic heterocycles. The van der Waals surface area contributed by atoms with Gasteiger partial charge in [0.25, 0.3) is 0 Å². The molecule has 162 valence electrons. The molecule has 3 amide bonds. The third kappa shape index (κ3) is 4.36. The highest BCUT2D eigenvalue weighted by Crippen LogP contribution is 2.38. The maximum absolute atomic E-state index is 12.6. The quantitative estimate of drug-likeness (QED) is 0.622. The van der Waals surface area contributed by atoms with E-state index in [9.17, 15) is 14.4 Å². The van der Waals surface area contributed by atoms with E-state index in [1.807, 2.05) is 0 Å². The second-order valence-corrected chi connectivity index (χ2v) is 9.41. The summed E-state index contributed by atoms with van der Waals surface area (Å²) in [6, 6.07) is 0. The van der Waals surface area contributed by atoms with Crippen molar-refractivity contribution in [2.45, 2.75) is 69.7 Å². The van der Waals surface area contributed by atoms with Crippen molar-refractivity contribution in [2.24, 2.45) is 11.8 Å². The standard InChI is InChI=1S/C22H35N3O4/c26-19(8-11-25-20(27)17-6-2-3-7-18(17)21(25)28)23-16-22(9-4-1-5-10-22)24-12-14-29-15-13-24/h17-18H,1-16H2,(H,23,26)/p+1/t17-,18-/m0/s1. The summed E-state index contributed by atoms with van der Waals surface area (Å²) in [7, 11) is 0. The number of rotatable bonds is 6. The minimum atomic E-state index is -0.130. The molecule has 2 atom stereocenters. The van der Waals surface area contributed by atoms with Crippen molar-refractivity contribution in [1.29, 1.82) is 0 Å². The summed E-state index contributed by atoms with van der Waals surface area (Å²) in [4.78, 5) is 40.7. The topological polar surface area (TPSA) is 80.2 Å². The zero-order valence-corrected chi connectivity index (χ0v) is 17.5. The van der Waals surface area contributed by atoms with E-state index in [0.29, 0.717) is 6.54 Å². The van der Waals surface area contributed by atoms with Crippen LogP contribution in [0.1, 0.15) is 64.2 Å². The number of nitrogens with one attached hydrogen (secondary N) is 2. The number of fused-ring (bicyclic) bond motifs is 1. The van der Waals surface area contributed by atoms with Crippen molar-refractivity contribution in [1.82, 2.24) is 10.2 Å². The Morgan fingerprint density at radius 2 is 1.62 bits per heavy atom. The number of hydrogen-bond donors (Lipinski definition) is 2. The van der Waals surface area contributed by atoms with Crippen LogP contribution in [0.5, 0.6) is 0 Å². The van der Waals surface area contributed by atoms with Gasteiger partial charge >= 0.3 is 0 Å². The lowest BCUT2D eigenvalue weighted by Crippen LogP contribution is -3.23. The van der Waals surface area contributed by atoms with Crippen LogP contribution >= 0.6 is 0 Å². The second kappa shape index (κ2) is 9.13. The van der Waals surface area contributed by atoms with Gasteiger partial charge in [-0.25, -0.2) is 0 Å². The fourth-order valence-electron chi connectivity index (χ4n) is 6.05. The Morgan fingerprint density at radius 3 is 2.24 bits per heavy atom. The van der Waals surface area contributed by atoms with Crippen LogP contribution in [0.4, 0.5) is 0 Å². The molecule has 0 aromatic rings. The van der Waals surface area contributed by atoms with Crippen LogP contribution in [0.3, 0.4) is 0 Å². The van der Waals surface area contributed by atoms with E-state index < -0.39 is 0 Å². The second-order valence-electron chi connectivity index (χ2n) is 9.41. The number of amides is 3. The lowest BCUT2D eigenvalue weighted by Gasteiger charge is -2.45. The summed E-state index contributed by atoms with van der Waals surface area (Å²) in [5, 5.41) is 3.16. The SMILES string of the molecule is O=C(CCN1C(=O)[C@H]2CCCC[C@@H]2C1=O)NCC1([NH+]2CCOCC2)CCCCC1. The monoisotopic (exact) mass is 406 g/mol. The number of quaternary nitrogens is 1. The van der Waals surface area contributed by atoms with Gasteiger partial charge < -0.3 is 15.0 Å². The molecule has 0 radical (unpaired) electrons. The molecule has 2 saturated heterocycles. The highest BCUT2D eigenvalue weighted by Gasteiger charge is 2.48. The van der Waals surface area contributed by atoms with E-state index in [4.69, 9.17) is 4.74 Å². The van der Waals surface area contributed by atoms with Crippen molar-refractivity contribution in [3.8, 4) is 0 Å². The van der Waals surface area contributed by atoms with E-state index in [1.54, 1.807) is 4.90 Å². The number of carbonyl (C=O) groups is 3. The number of nitrogens with zero attached hydrogens (tertiary/aromatic N) is 1. The summed E-state index contributed by atoms with van der Waals surface area (Å²) >= 11 is 0. The smallest absolute Gasteiger partial charge is 0.233 e. The van der Waals surface area contributed by atoms with E-state index in [0.717, 1.165) is 64.8 Å². The number of imide groups is 1. The van der Waals surface area contributed by atoms with Crippen molar-refractivity contribution >= 4 is 17.7 Å². The molecule has 0 bridgehead atoms. The molecule has 2 N–H and O–H groups in total. The van der Waals surface area contributed by atoms with Crippen LogP contribution in [0.15, 0.2) is 0 Å². The zero-order chi connectivity index (χ0) is 20.3. The summed E-state index contributed by atoms with van der Waals surface area (Å²) in [5.74, 6) is -0.398. The minimum absolute atomic E-state index is 0.0434. The minimum Gasteiger partial charge on any atom is -0.370 e. The molecule has 2 heterocycles. The largest absolute Gasteiger partial charge is 0.370 e. The molecule has 4 fully saturated rings. The molecule has 4 rings (SSSR count). The van der Waals surface area contributed by atoms with Crippen LogP contribution in [0, 0.1) is 11.8 Å². The van der Waals surface area contributed by atoms with Gasteiger partial charge in [-0.2, -0.15) is 0 Å². The van der Waals surface area contributed by atoms with E-state index in [-0.39, 0.29) is 48.1 Å². The lowest BCUT2D eigenvalue weighted by atomic mass is 9.79. The molecule has 2 saturated carbocycles. The third-order valence-electron chi connectivity index (χ3n) is 7.78. The normalized spacial score (nSPS) is 30.3. The van der Waals surface area contributed by atoms with E-state index in [2.05, 4.69) is 5.32 Å². The Bertz CT molecular complexity index is 602. The summed E-state index contributed by atoms with van der Waals surface area (Å²) in [6.07, 6.45) is 9.93. The van der Waals surface area contributed by atoms with Gasteiger partial charge in [0, 0.05) is 25.8 Å². The first-order valence-electron chi connectivity index (χ1n) is 11.7. The van der Waals surface area contributed by atoms with Gasteiger partial charge in [0.15, 0.2) is 0 Å². The Kier molecular flexibility index (Phi) is 6.54. The Hall–Kier alpha value is -1.47. The zero-order valence-electron chi connectivity index (χ0n) is 17.5. The molecule has 0 aromatic carbocycles. The van der Waals surface area contributed by atoms with Crippen LogP contribution in [-0.2, 0) is 19.1 Å². The predicted octanol–water partition coefficient (Wildman–Crippen LogP) is 0.286. The van der Waals surface area contributed by atoms with Gasteiger partial charge in [0.2, 0.25) is 17.7 Å². The van der Waals surface area contributed by atoms with E-state index >= 15 is 0 Å². The first-order valence-corrected chi connectivity index (χ1v) is 11.7. The summed E-state index contributed by atoms with van der Waals surface area (Å²) in [6.45, 7) is 4.53. The fraction of sp³-hybridized carbons (Fsp3) is 0.864. The predicted molar refractivity (Wildman–Crippen MR) is 107 cm³/mol. The Balaban J connectivity index is 1.29. The summed E-state index contributed by atoms with van der Waals surface area (Å²) in [5.41, 5.74) is 0.117. The molecular formula is C22H36N3O4+. The number of carbonyl (C=O) groups excluding carboxylic acids is 3. The lowest BCUT2D eigenvalue weighted by molar-refractivity contribution is -0.960. The van der Waals surface area contributed by atoms with Gasteiger partial charge in [0.1, 0.15) is 18.6 Å². The fourth-order valence-corrected chi connectivity index (χ4v) is 6.05. The summed E-state index contributed by atoms with van der Waals surface area (Å²) < 4.78 is 5.54. The maximum Gasteiger partial charge on any atom is 0.233 e. The number of morpholine rings is 1. The molecule has 7 heteroatoms. The van der Waals surface area contributed by atoms with Crippen LogP contribution in [0.2, 0.25) is 0 Å². The Morgan fingerprint density at radius 1 is 1.00 bits per heavy atom. The highest BCUT2D eigenvalue weighted by molar-refractivity contribution is 6.05. The van der Waals surface area contributed by atoms with Gasteiger partial charge in [0.05, 0.1) is 31.6 Å². The van der Waals surface area contributed by atoms with Crippen LogP contribution in [-0.4, -0.2) is 67.6 Å². The molecule has 4 aliphatic rings. The number of hydrogen-bond acceptors (Lipinski definition) is 4. The molecule has 0 unspecified atom stereocenters. The van der Waals surface area contributed by atoms with Gasteiger partial charge in [-0.05, 0) is 25.7 Å². The first-order chi connectivity index (χ1) is 14.1. The average molecular weight is 407 g/mol. The first kappa shape index (κ1) is 20.8. The molecule has 2 aliphatic carbocycles.